The highest BCUT2D eigenvalue weighted by Gasteiger charge is 1.84. The molecule has 0 unspecified atom stereocenters. The zero-order valence-corrected chi connectivity index (χ0v) is 7.67. The molecule has 0 aromatic heterocycles. The van der Waals surface area contributed by atoms with Gasteiger partial charge in [0.2, 0.25) is 0 Å². The van der Waals surface area contributed by atoms with Crippen molar-refractivity contribution in [3.8, 4) is 0 Å². The fraction of sp³-hybridized carbons (Fsp3) is 0.750. The first-order valence-electron chi connectivity index (χ1n) is 2.60. The van der Waals surface area contributed by atoms with Crippen LogP contribution in [0.2, 0.25) is 0 Å². The Bertz CT molecular complexity index is 190. The first-order chi connectivity index (χ1) is 4.77. The maximum atomic E-state index is 9.82. The van der Waals surface area contributed by atoms with E-state index in [0.29, 0.717) is 6.61 Å². The summed E-state index contributed by atoms with van der Waals surface area (Å²) in [4.78, 5) is 9.82. The third-order valence-corrected chi connectivity index (χ3v) is 0.348. The molecule has 0 fully saturated rings. The smallest absolute Gasteiger partial charge is 0.394 e. The van der Waals surface area contributed by atoms with Crippen LogP contribution < -0.4 is 6.15 Å². The Morgan fingerprint density at radius 1 is 1.42 bits per heavy atom. The maximum Gasteiger partial charge on any atom is 0.394 e. The lowest BCUT2D eigenvalue weighted by molar-refractivity contribution is -0.140. The summed E-state index contributed by atoms with van der Waals surface area (Å²) in [5.41, 5.74) is 0. The molecule has 0 heterocycles. The van der Waals surface area contributed by atoms with E-state index in [4.69, 9.17) is 17.5 Å². The van der Waals surface area contributed by atoms with Crippen LogP contribution in [0.15, 0.2) is 0 Å². The van der Waals surface area contributed by atoms with E-state index in [9.17, 15) is 4.79 Å². The topological polar surface area (TPSA) is 136 Å². The lowest BCUT2D eigenvalue weighted by Crippen LogP contribution is -1.95. The Kier molecular flexibility index (Phi) is 12.2. The summed E-state index contributed by atoms with van der Waals surface area (Å²) in [6, 6.07) is 0. The number of hydrogen-bond donors (Lipinski definition) is 3. The van der Waals surface area contributed by atoms with E-state index in [0.717, 1.165) is 0 Å². The van der Waals surface area contributed by atoms with Crippen molar-refractivity contribution in [2.75, 3.05) is 6.61 Å². The van der Waals surface area contributed by atoms with Gasteiger partial charge in [-0.2, -0.15) is 8.42 Å². The van der Waals surface area contributed by atoms with Crippen molar-refractivity contribution in [1.82, 2.24) is 6.15 Å². The van der Waals surface area contributed by atoms with Crippen molar-refractivity contribution >= 4 is 16.4 Å². The van der Waals surface area contributed by atoms with Crippen molar-refractivity contribution in [3.05, 3.63) is 0 Å². The molecule has 0 saturated carbocycles. The molecular formula is C4H13NO6S. The van der Waals surface area contributed by atoms with Gasteiger partial charge < -0.3 is 10.9 Å². The first-order valence-corrected chi connectivity index (χ1v) is 4.00. The molecule has 7 nitrogen and oxygen atoms in total. The fourth-order valence-corrected chi connectivity index (χ4v) is 0.203. The van der Waals surface area contributed by atoms with Crippen LogP contribution in [-0.4, -0.2) is 30.1 Å². The van der Waals surface area contributed by atoms with E-state index >= 15 is 0 Å². The van der Waals surface area contributed by atoms with Gasteiger partial charge in [0, 0.05) is 6.92 Å². The third kappa shape index (κ3) is 121. The molecule has 12 heavy (non-hydrogen) atoms. The number of carbonyl (C=O) groups is 1. The van der Waals surface area contributed by atoms with Gasteiger partial charge in [0.1, 0.15) is 0 Å². The van der Waals surface area contributed by atoms with Gasteiger partial charge in [0.15, 0.2) is 0 Å². The molecule has 0 aliphatic rings. The molecule has 8 heteroatoms. The average molecular weight is 203 g/mol. The largest absolute Gasteiger partial charge is 0.466 e. The normalized spacial score (nSPS) is 8.67. The van der Waals surface area contributed by atoms with Crippen LogP contribution in [0.3, 0.4) is 0 Å². The molecule has 0 saturated heterocycles. The van der Waals surface area contributed by atoms with Gasteiger partial charge in [-0.3, -0.25) is 13.9 Å². The molecule has 0 aliphatic heterocycles. The number of hydrogen-bond acceptors (Lipinski definition) is 5. The monoisotopic (exact) mass is 203 g/mol. The lowest BCUT2D eigenvalue weighted by Gasteiger charge is -1.89. The Morgan fingerprint density at radius 3 is 1.67 bits per heavy atom. The van der Waals surface area contributed by atoms with E-state index in [1.54, 1.807) is 6.92 Å². The average Bonchev–Trinajstić information content (AvgIpc) is 1.58. The summed E-state index contributed by atoms with van der Waals surface area (Å²) in [7, 11) is -4.67. The van der Waals surface area contributed by atoms with Crippen LogP contribution in [0.5, 0.6) is 0 Å². The predicted octanol–water partition coefficient (Wildman–Crippen LogP) is 0.0786. The van der Waals surface area contributed by atoms with Gasteiger partial charge in [-0.25, -0.2) is 0 Å². The minimum absolute atomic E-state index is 0. The van der Waals surface area contributed by atoms with E-state index < -0.39 is 10.4 Å². The fourth-order valence-electron chi connectivity index (χ4n) is 0.203. The Labute approximate surface area is 70.9 Å². The summed E-state index contributed by atoms with van der Waals surface area (Å²) in [6.45, 7) is 3.65. The quantitative estimate of drug-likeness (QED) is 0.405. The molecular weight excluding hydrogens is 190 g/mol. The van der Waals surface area contributed by atoms with Gasteiger partial charge in [0.05, 0.1) is 6.61 Å². The van der Waals surface area contributed by atoms with Gasteiger partial charge in [-0.15, -0.1) is 0 Å². The second-order valence-electron chi connectivity index (χ2n) is 1.37. The predicted molar refractivity (Wildman–Crippen MR) is 41.5 cm³/mol. The van der Waals surface area contributed by atoms with E-state index in [1.807, 2.05) is 0 Å². The van der Waals surface area contributed by atoms with Crippen LogP contribution in [0.4, 0.5) is 0 Å². The minimum atomic E-state index is -4.67. The summed E-state index contributed by atoms with van der Waals surface area (Å²) in [5, 5.41) is 0. The van der Waals surface area contributed by atoms with Crippen LogP contribution in [0.25, 0.3) is 0 Å². The number of carbonyl (C=O) groups excluding carboxylic acids is 1. The molecule has 0 aromatic rings. The molecule has 5 N–H and O–H groups in total. The molecule has 76 valence electrons. The van der Waals surface area contributed by atoms with Crippen molar-refractivity contribution in [3.63, 3.8) is 0 Å². The lowest BCUT2D eigenvalue weighted by atomic mass is 10.8. The Hall–Kier alpha value is -0.700. The molecule has 0 aromatic carbocycles. The molecule has 0 rings (SSSR count). The zero-order chi connectivity index (χ0) is 9.49. The number of ether oxygens (including phenoxy) is 1. The molecule has 0 amide bonds. The molecule has 0 aliphatic carbocycles. The number of rotatable bonds is 1. The van der Waals surface area contributed by atoms with Crippen LogP contribution in [-0.2, 0) is 19.9 Å². The molecule has 0 radical (unpaired) electrons. The maximum absolute atomic E-state index is 9.82. The van der Waals surface area contributed by atoms with Crippen molar-refractivity contribution in [2.45, 2.75) is 13.8 Å². The molecule has 0 spiro atoms. The standard InChI is InChI=1S/C4H8O2.H3N.H2O4S/c1-3-6-4(2)5;;1-5(2,3)4/h3H2,1-2H3;1H3;(H2,1,2,3,4). The van der Waals surface area contributed by atoms with Gasteiger partial charge in [0.25, 0.3) is 0 Å². The van der Waals surface area contributed by atoms with Crippen molar-refractivity contribution in [1.29, 1.82) is 0 Å². The second-order valence-corrected chi connectivity index (χ2v) is 2.27. The summed E-state index contributed by atoms with van der Waals surface area (Å²) in [6.07, 6.45) is 0. The van der Waals surface area contributed by atoms with Crippen LogP contribution in [0, 0.1) is 0 Å². The van der Waals surface area contributed by atoms with Gasteiger partial charge >= 0.3 is 16.4 Å². The first kappa shape index (κ1) is 17.4. The van der Waals surface area contributed by atoms with E-state index in [1.165, 1.54) is 6.92 Å². The Balaban J connectivity index is -0.000000126. The highest BCUT2D eigenvalue weighted by atomic mass is 32.3. The van der Waals surface area contributed by atoms with Crippen molar-refractivity contribution in [2.24, 2.45) is 0 Å². The SMILES string of the molecule is CCOC(C)=O.N.O=S(=O)(O)O. The third-order valence-electron chi connectivity index (χ3n) is 0.348. The molecule has 0 atom stereocenters. The van der Waals surface area contributed by atoms with Crippen LogP contribution in [0.1, 0.15) is 13.8 Å². The number of esters is 1. The Morgan fingerprint density at radius 2 is 1.67 bits per heavy atom. The second kappa shape index (κ2) is 8.40. The van der Waals surface area contributed by atoms with E-state index in [2.05, 4.69) is 4.74 Å². The molecule has 0 bridgehead atoms. The van der Waals surface area contributed by atoms with Crippen molar-refractivity contribution < 1.29 is 27.1 Å². The summed E-state index contributed by atoms with van der Waals surface area (Å²) >= 11 is 0. The van der Waals surface area contributed by atoms with Gasteiger partial charge in [-0.1, -0.05) is 0 Å². The summed E-state index contributed by atoms with van der Waals surface area (Å²) in [5.74, 6) is -0.211. The highest BCUT2D eigenvalue weighted by molar-refractivity contribution is 7.79. The highest BCUT2D eigenvalue weighted by Crippen LogP contribution is 1.69. The van der Waals surface area contributed by atoms with Gasteiger partial charge in [-0.05, 0) is 6.92 Å². The van der Waals surface area contributed by atoms with E-state index in [-0.39, 0.29) is 12.1 Å². The summed E-state index contributed by atoms with van der Waals surface area (Å²) < 4.78 is 36.0. The minimum Gasteiger partial charge on any atom is -0.466 e. The van der Waals surface area contributed by atoms with Crippen LogP contribution >= 0.6 is 0 Å². The zero-order valence-electron chi connectivity index (χ0n) is 6.85.